The van der Waals surface area contributed by atoms with E-state index in [0.29, 0.717) is 0 Å². The molecule has 0 heterocycles. The van der Waals surface area contributed by atoms with Crippen molar-refractivity contribution in [3.63, 3.8) is 0 Å². The van der Waals surface area contributed by atoms with Gasteiger partial charge in [0.15, 0.2) is 0 Å². The number of carboxylic acid groups (broad SMARTS) is 1. The van der Waals surface area contributed by atoms with E-state index in [4.69, 9.17) is 5.11 Å². The SMILES string of the molecule is Cl.O=C(O)[C@H](Cc1ccccc1)NF. The van der Waals surface area contributed by atoms with Crippen molar-refractivity contribution in [3.8, 4) is 0 Å². The van der Waals surface area contributed by atoms with Gasteiger partial charge in [-0.3, -0.25) is 4.79 Å². The van der Waals surface area contributed by atoms with Crippen molar-refractivity contribution in [2.24, 2.45) is 0 Å². The Morgan fingerprint density at radius 2 is 2.00 bits per heavy atom. The van der Waals surface area contributed by atoms with Gasteiger partial charge in [-0.15, -0.1) is 22.4 Å². The summed E-state index contributed by atoms with van der Waals surface area (Å²) in [6.07, 6.45) is 0.146. The van der Waals surface area contributed by atoms with E-state index in [-0.39, 0.29) is 18.8 Å². The van der Waals surface area contributed by atoms with Crippen LogP contribution in [-0.2, 0) is 11.2 Å². The largest absolute Gasteiger partial charge is 0.480 e. The van der Waals surface area contributed by atoms with Gasteiger partial charge in [0.2, 0.25) is 0 Å². The van der Waals surface area contributed by atoms with Crippen LogP contribution in [0.15, 0.2) is 30.3 Å². The standard InChI is InChI=1S/C9H10FNO2.ClH/c10-11-8(9(12)13)6-7-4-2-1-3-5-7;/h1-5,8,11H,6H2,(H,12,13);1H/t8-;/m0./s1. The summed E-state index contributed by atoms with van der Waals surface area (Å²) >= 11 is 0. The van der Waals surface area contributed by atoms with Crippen molar-refractivity contribution in [2.45, 2.75) is 12.5 Å². The number of benzene rings is 1. The summed E-state index contributed by atoms with van der Waals surface area (Å²) in [6.45, 7) is 0. The van der Waals surface area contributed by atoms with Gasteiger partial charge in [0.1, 0.15) is 6.04 Å². The lowest BCUT2D eigenvalue weighted by molar-refractivity contribution is -0.140. The molecule has 0 fully saturated rings. The van der Waals surface area contributed by atoms with Gasteiger partial charge in [0, 0.05) is 6.42 Å². The monoisotopic (exact) mass is 219 g/mol. The minimum atomic E-state index is -1.19. The summed E-state index contributed by atoms with van der Waals surface area (Å²) in [5.74, 6) is -1.19. The van der Waals surface area contributed by atoms with E-state index in [0.717, 1.165) is 5.56 Å². The summed E-state index contributed by atoms with van der Waals surface area (Å²) in [4.78, 5) is 10.4. The number of aliphatic carboxylic acids is 1. The van der Waals surface area contributed by atoms with Gasteiger partial charge in [-0.05, 0) is 5.56 Å². The van der Waals surface area contributed by atoms with Crippen LogP contribution < -0.4 is 5.54 Å². The fourth-order valence-corrected chi connectivity index (χ4v) is 1.02. The lowest BCUT2D eigenvalue weighted by Gasteiger charge is -2.07. The number of carboxylic acids is 1. The number of hydrogen-bond acceptors (Lipinski definition) is 2. The van der Waals surface area contributed by atoms with Gasteiger partial charge in [0.05, 0.1) is 0 Å². The third-order valence-electron chi connectivity index (χ3n) is 1.71. The molecule has 1 atom stereocenters. The normalized spacial score (nSPS) is 11.5. The van der Waals surface area contributed by atoms with Gasteiger partial charge in [0.25, 0.3) is 0 Å². The smallest absolute Gasteiger partial charge is 0.323 e. The molecule has 1 aromatic carbocycles. The van der Waals surface area contributed by atoms with E-state index in [1.165, 1.54) is 5.54 Å². The second-order valence-electron chi connectivity index (χ2n) is 2.69. The van der Waals surface area contributed by atoms with Gasteiger partial charge < -0.3 is 5.11 Å². The van der Waals surface area contributed by atoms with E-state index < -0.39 is 12.0 Å². The molecule has 0 aliphatic heterocycles. The number of nitrogens with one attached hydrogen (secondary N) is 1. The lowest BCUT2D eigenvalue weighted by Crippen LogP contribution is -2.33. The molecule has 0 aliphatic rings. The highest BCUT2D eigenvalue weighted by molar-refractivity contribution is 5.85. The van der Waals surface area contributed by atoms with Crippen molar-refractivity contribution in [3.05, 3.63) is 35.9 Å². The summed E-state index contributed by atoms with van der Waals surface area (Å²) in [5, 5.41) is 8.53. The summed E-state index contributed by atoms with van der Waals surface area (Å²) in [6, 6.07) is 7.74. The van der Waals surface area contributed by atoms with E-state index in [9.17, 15) is 9.28 Å². The maximum atomic E-state index is 12.0. The molecule has 5 heteroatoms. The molecule has 0 spiro atoms. The van der Waals surface area contributed by atoms with Crippen molar-refractivity contribution in [1.29, 1.82) is 0 Å². The molecule has 1 aromatic rings. The highest BCUT2D eigenvalue weighted by atomic mass is 35.5. The Bertz CT molecular complexity index is 281. The Morgan fingerprint density at radius 3 is 2.43 bits per heavy atom. The van der Waals surface area contributed by atoms with E-state index >= 15 is 0 Å². The molecule has 14 heavy (non-hydrogen) atoms. The third kappa shape index (κ3) is 3.72. The lowest BCUT2D eigenvalue weighted by atomic mass is 10.1. The van der Waals surface area contributed by atoms with Crippen molar-refractivity contribution >= 4 is 18.4 Å². The van der Waals surface area contributed by atoms with Crippen LogP contribution in [0.1, 0.15) is 5.56 Å². The van der Waals surface area contributed by atoms with Crippen LogP contribution in [0.25, 0.3) is 0 Å². The predicted molar refractivity (Wildman–Crippen MR) is 53.1 cm³/mol. The molecule has 0 unspecified atom stereocenters. The summed E-state index contributed by atoms with van der Waals surface area (Å²) in [7, 11) is 0. The second-order valence-corrected chi connectivity index (χ2v) is 2.69. The Balaban J connectivity index is 0.00000169. The van der Waals surface area contributed by atoms with E-state index in [1.54, 1.807) is 24.3 Å². The first kappa shape index (κ1) is 12.9. The van der Waals surface area contributed by atoms with Crippen molar-refractivity contribution in [2.75, 3.05) is 0 Å². The fourth-order valence-electron chi connectivity index (χ4n) is 1.02. The number of rotatable bonds is 4. The Hall–Kier alpha value is -1.13. The first-order valence-electron chi connectivity index (χ1n) is 3.87. The molecule has 0 saturated heterocycles. The molecular weight excluding hydrogens is 209 g/mol. The maximum absolute atomic E-state index is 12.0. The first-order valence-corrected chi connectivity index (χ1v) is 3.87. The van der Waals surface area contributed by atoms with Crippen molar-refractivity contribution < 1.29 is 14.4 Å². The van der Waals surface area contributed by atoms with Gasteiger partial charge in [-0.25, -0.2) is 0 Å². The highest BCUT2D eigenvalue weighted by Gasteiger charge is 2.16. The van der Waals surface area contributed by atoms with E-state index in [2.05, 4.69) is 0 Å². The van der Waals surface area contributed by atoms with Crippen LogP contribution in [0.5, 0.6) is 0 Å². The Morgan fingerprint density at radius 1 is 1.43 bits per heavy atom. The molecule has 78 valence electrons. The fraction of sp³-hybridized carbons (Fsp3) is 0.222. The van der Waals surface area contributed by atoms with Crippen LogP contribution >= 0.6 is 12.4 Å². The zero-order valence-corrected chi connectivity index (χ0v) is 8.13. The quantitative estimate of drug-likeness (QED) is 0.756. The molecule has 1 rings (SSSR count). The van der Waals surface area contributed by atoms with Crippen LogP contribution in [-0.4, -0.2) is 17.1 Å². The number of halogens is 2. The maximum Gasteiger partial charge on any atom is 0.323 e. The summed E-state index contributed by atoms with van der Waals surface area (Å²) < 4.78 is 12.0. The average Bonchev–Trinajstić information content (AvgIpc) is 2.15. The molecular formula is C9H11ClFNO2. The number of hydrogen-bond donors (Lipinski definition) is 2. The van der Waals surface area contributed by atoms with Gasteiger partial charge in [-0.2, -0.15) is 0 Å². The third-order valence-corrected chi connectivity index (χ3v) is 1.71. The Kier molecular flexibility index (Phi) is 5.83. The zero-order valence-electron chi connectivity index (χ0n) is 7.31. The van der Waals surface area contributed by atoms with Crippen LogP contribution in [0.3, 0.4) is 0 Å². The molecule has 0 radical (unpaired) electrons. The topological polar surface area (TPSA) is 49.3 Å². The highest BCUT2D eigenvalue weighted by Crippen LogP contribution is 2.03. The van der Waals surface area contributed by atoms with Crippen LogP contribution in [0.2, 0.25) is 0 Å². The predicted octanol–water partition coefficient (Wildman–Crippen LogP) is 1.58. The molecule has 3 nitrogen and oxygen atoms in total. The van der Waals surface area contributed by atoms with Crippen LogP contribution in [0, 0.1) is 0 Å². The molecule has 0 aromatic heterocycles. The molecule has 0 bridgehead atoms. The van der Waals surface area contributed by atoms with Gasteiger partial charge in [-0.1, -0.05) is 30.3 Å². The molecule has 2 N–H and O–H groups in total. The summed E-state index contributed by atoms with van der Waals surface area (Å²) in [5.41, 5.74) is 2.04. The molecule has 0 aliphatic carbocycles. The number of carbonyl (C=O) groups is 1. The first-order chi connectivity index (χ1) is 6.24. The molecule has 0 saturated carbocycles. The minimum Gasteiger partial charge on any atom is -0.480 e. The molecule has 0 amide bonds. The van der Waals surface area contributed by atoms with Crippen molar-refractivity contribution in [1.82, 2.24) is 5.54 Å². The Labute approximate surface area is 87.3 Å². The van der Waals surface area contributed by atoms with Gasteiger partial charge >= 0.3 is 5.97 Å². The van der Waals surface area contributed by atoms with Crippen LogP contribution in [0.4, 0.5) is 4.48 Å². The minimum absolute atomic E-state index is 0. The van der Waals surface area contributed by atoms with E-state index in [1.807, 2.05) is 6.07 Å². The zero-order chi connectivity index (χ0) is 9.68. The second kappa shape index (κ2) is 6.34. The average molecular weight is 220 g/mol.